The summed E-state index contributed by atoms with van der Waals surface area (Å²) in [5.41, 5.74) is 5.55. The Hall–Kier alpha value is -2.61. The van der Waals surface area contributed by atoms with Gasteiger partial charge in [0.15, 0.2) is 6.20 Å². The summed E-state index contributed by atoms with van der Waals surface area (Å²) in [5, 5.41) is 0. The van der Waals surface area contributed by atoms with E-state index in [4.69, 9.17) is 8.85 Å². The highest BCUT2D eigenvalue weighted by atomic mass is 16.5. The highest BCUT2D eigenvalue weighted by Gasteiger charge is 2.48. The van der Waals surface area contributed by atoms with E-state index in [2.05, 4.69) is 52.8 Å². The number of para-hydroxylation sites is 1. The molecule has 3 aromatic rings. The molecule has 0 saturated heterocycles. The Kier molecular flexibility index (Phi) is 3.39. The number of benzene rings is 2. The maximum absolute atomic E-state index is 8.21. The standard InChI is InChI=1S/C26H30NO/c1-17-11-8-9-12-19(17)23-15-21(18(2)16-27(23)7)20-13-10-14-22-24(20)28-26(5,6)25(22,3)4/h8-16H,1-7H3/q+1/i2D3. The molecule has 0 amide bonds. The molecule has 0 aliphatic carbocycles. The van der Waals surface area contributed by atoms with Gasteiger partial charge < -0.3 is 4.74 Å². The smallest absolute Gasteiger partial charge is 0.213 e. The number of hydrogen-bond acceptors (Lipinski definition) is 1. The summed E-state index contributed by atoms with van der Waals surface area (Å²) in [4.78, 5) is 0. The molecule has 2 heterocycles. The van der Waals surface area contributed by atoms with E-state index in [1.165, 1.54) is 0 Å². The zero-order chi connectivity index (χ0) is 22.8. The molecule has 0 unspecified atom stereocenters. The molecule has 0 radical (unpaired) electrons. The molecule has 2 nitrogen and oxygen atoms in total. The Bertz CT molecular complexity index is 1180. The van der Waals surface area contributed by atoms with Crippen LogP contribution in [0.25, 0.3) is 22.4 Å². The quantitative estimate of drug-likeness (QED) is 0.507. The topological polar surface area (TPSA) is 13.1 Å². The number of nitrogens with zero attached hydrogens (tertiary/aromatic N) is 1. The van der Waals surface area contributed by atoms with Crippen molar-refractivity contribution in [3.8, 4) is 28.1 Å². The third-order valence-electron chi connectivity index (χ3n) is 6.54. The summed E-state index contributed by atoms with van der Waals surface area (Å²) >= 11 is 0. The van der Waals surface area contributed by atoms with E-state index in [9.17, 15) is 0 Å². The summed E-state index contributed by atoms with van der Waals surface area (Å²) in [6, 6.07) is 16.2. The molecule has 28 heavy (non-hydrogen) atoms. The first-order chi connectivity index (χ1) is 14.3. The van der Waals surface area contributed by atoms with Crippen LogP contribution in [0, 0.1) is 13.8 Å². The van der Waals surface area contributed by atoms with Crippen molar-refractivity contribution in [2.24, 2.45) is 7.05 Å². The van der Waals surface area contributed by atoms with Crippen LogP contribution in [0.5, 0.6) is 5.75 Å². The Morgan fingerprint density at radius 1 is 0.893 bits per heavy atom. The predicted octanol–water partition coefficient (Wildman–Crippen LogP) is 5.91. The molecule has 0 spiro atoms. The minimum atomic E-state index is -2.25. The van der Waals surface area contributed by atoms with Gasteiger partial charge in [-0.3, -0.25) is 0 Å². The lowest BCUT2D eigenvalue weighted by Gasteiger charge is -2.33. The average Bonchev–Trinajstić information content (AvgIpc) is 2.86. The SMILES string of the molecule is [2H]C([2H])([2H])c1c[n+](C)c(-c2ccccc2C)cc1-c1cccc2c1OC(C)(C)C2(C)C. The number of ether oxygens (including phenoxy) is 1. The normalized spacial score (nSPS) is 18.6. The van der Waals surface area contributed by atoms with Crippen molar-refractivity contribution >= 4 is 0 Å². The number of aromatic nitrogens is 1. The van der Waals surface area contributed by atoms with E-state index in [-0.39, 0.29) is 5.41 Å². The third-order valence-corrected chi connectivity index (χ3v) is 6.54. The first-order valence-electron chi connectivity index (χ1n) is 11.3. The Labute approximate surface area is 173 Å². The van der Waals surface area contributed by atoms with E-state index >= 15 is 0 Å². The van der Waals surface area contributed by atoms with E-state index in [0.29, 0.717) is 11.1 Å². The molecule has 1 aliphatic rings. The van der Waals surface area contributed by atoms with Crippen molar-refractivity contribution in [3.05, 3.63) is 71.4 Å². The fourth-order valence-electron chi connectivity index (χ4n) is 4.06. The fraction of sp³-hybridized carbons (Fsp3) is 0.346. The van der Waals surface area contributed by atoms with Crippen LogP contribution in [0.4, 0.5) is 0 Å². The molecule has 2 aromatic carbocycles. The van der Waals surface area contributed by atoms with Crippen LogP contribution in [-0.2, 0) is 12.5 Å². The van der Waals surface area contributed by atoms with Crippen molar-refractivity contribution in [1.82, 2.24) is 0 Å². The van der Waals surface area contributed by atoms with Crippen molar-refractivity contribution < 1.29 is 13.4 Å². The van der Waals surface area contributed by atoms with Gasteiger partial charge in [0.05, 0.1) is 0 Å². The number of pyridine rings is 1. The Balaban J connectivity index is 2.04. The molecule has 0 fully saturated rings. The highest BCUT2D eigenvalue weighted by Crippen LogP contribution is 2.52. The lowest BCUT2D eigenvalue weighted by molar-refractivity contribution is -0.660. The van der Waals surface area contributed by atoms with E-state index in [1.54, 1.807) is 6.20 Å². The number of fused-ring (bicyclic) bond motifs is 1. The molecular weight excluding hydrogens is 342 g/mol. The second-order valence-electron chi connectivity index (χ2n) is 8.83. The van der Waals surface area contributed by atoms with E-state index in [1.807, 2.05) is 41.9 Å². The minimum Gasteiger partial charge on any atom is -0.486 e. The van der Waals surface area contributed by atoms with Crippen LogP contribution < -0.4 is 9.30 Å². The third kappa shape index (κ3) is 2.66. The molecule has 1 aromatic heterocycles. The predicted molar refractivity (Wildman–Crippen MR) is 116 cm³/mol. The Morgan fingerprint density at radius 3 is 2.32 bits per heavy atom. The first kappa shape index (κ1) is 15.3. The van der Waals surface area contributed by atoms with Crippen molar-refractivity contribution in [1.29, 1.82) is 0 Å². The zero-order valence-electron chi connectivity index (χ0n) is 20.6. The maximum atomic E-state index is 8.21. The summed E-state index contributed by atoms with van der Waals surface area (Å²) in [6.07, 6.45) is 1.74. The fourth-order valence-corrected chi connectivity index (χ4v) is 4.06. The maximum Gasteiger partial charge on any atom is 0.213 e. The summed E-state index contributed by atoms with van der Waals surface area (Å²) in [5.74, 6) is 0.785. The van der Waals surface area contributed by atoms with Crippen molar-refractivity contribution in [2.45, 2.75) is 52.5 Å². The van der Waals surface area contributed by atoms with E-state index < -0.39 is 12.5 Å². The number of aryl methyl sites for hydroxylation is 3. The van der Waals surface area contributed by atoms with Crippen molar-refractivity contribution in [3.63, 3.8) is 0 Å². The van der Waals surface area contributed by atoms with Crippen LogP contribution >= 0.6 is 0 Å². The number of hydrogen-bond donors (Lipinski definition) is 0. The molecule has 0 saturated carbocycles. The molecule has 2 heteroatoms. The number of rotatable bonds is 2. The molecule has 144 valence electrons. The second kappa shape index (κ2) is 6.20. The van der Waals surface area contributed by atoms with Gasteiger partial charge in [0.2, 0.25) is 5.69 Å². The molecule has 0 N–H and O–H groups in total. The summed E-state index contributed by atoms with van der Waals surface area (Å²) < 4.78 is 33.0. The highest BCUT2D eigenvalue weighted by molar-refractivity contribution is 5.79. The lowest BCUT2D eigenvalue weighted by Crippen LogP contribution is -2.41. The van der Waals surface area contributed by atoms with Gasteiger partial charge in [-0.05, 0) is 39.3 Å². The van der Waals surface area contributed by atoms with Crippen LogP contribution in [0.3, 0.4) is 0 Å². The van der Waals surface area contributed by atoms with Crippen molar-refractivity contribution in [2.75, 3.05) is 0 Å². The molecule has 4 rings (SSSR count). The largest absolute Gasteiger partial charge is 0.486 e. The first-order valence-corrected chi connectivity index (χ1v) is 9.77. The molecule has 0 atom stereocenters. The molecule has 0 bridgehead atoms. The lowest BCUT2D eigenvalue weighted by atomic mass is 9.73. The summed E-state index contributed by atoms with van der Waals surface area (Å²) in [6.45, 7) is 8.36. The molecular formula is C26H30NO+. The van der Waals surface area contributed by atoms with Gasteiger partial charge in [-0.15, -0.1) is 0 Å². The van der Waals surface area contributed by atoms with Gasteiger partial charge in [0.1, 0.15) is 18.4 Å². The van der Waals surface area contributed by atoms with Crippen LogP contribution in [-0.4, -0.2) is 5.60 Å². The minimum absolute atomic E-state index is 0.198. The zero-order valence-corrected chi connectivity index (χ0v) is 17.6. The monoisotopic (exact) mass is 375 g/mol. The van der Waals surface area contributed by atoms with Gasteiger partial charge in [0, 0.05) is 43.4 Å². The average molecular weight is 376 g/mol. The van der Waals surface area contributed by atoms with E-state index in [0.717, 1.165) is 33.7 Å². The van der Waals surface area contributed by atoms with Crippen LogP contribution in [0.1, 0.15) is 48.5 Å². The van der Waals surface area contributed by atoms with Gasteiger partial charge in [-0.2, -0.15) is 0 Å². The van der Waals surface area contributed by atoms with Crippen LogP contribution in [0.15, 0.2) is 54.7 Å². The van der Waals surface area contributed by atoms with Gasteiger partial charge in [-0.1, -0.05) is 50.2 Å². The van der Waals surface area contributed by atoms with Crippen LogP contribution in [0.2, 0.25) is 0 Å². The molecule has 1 aliphatic heterocycles. The Morgan fingerprint density at radius 2 is 1.61 bits per heavy atom. The van der Waals surface area contributed by atoms with Gasteiger partial charge in [-0.25, -0.2) is 4.57 Å². The van der Waals surface area contributed by atoms with Gasteiger partial charge >= 0.3 is 0 Å². The summed E-state index contributed by atoms with van der Waals surface area (Å²) in [7, 11) is 1.90. The second-order valence-corrected chi connectivity index (χ2v) is 8.83. The van der Waals surface area contributed by atoms with Gasteiger partial charge in [0.25, 0.3) is 0 Å².